The molecule has 16 rings (SSSR count). The molecule has 10 aromatic carbocycles. The summed E-state index contributed by atoms with van der Waals surface area (Å²) >= 11 is 0. The van der Waals surface area contributed by atoms with E-state index in [-0.39, 0.29) is 21.7 Å². The van der Waals surface area contributed by atoms with Crippen LogP contribution in [0.25, 0.3) is 99.5 Å². The van der Waals surface area contributed by atoms with Crippen molar-refractivity contribution in [2.45, 2.75) is 257 Å². The van der Waals surface area contributed by atoms with Gasteiger partial charge in [0, 0.05) is 65.7 Å². The number of anilines is 3. The van der Waals surface area contributed by atoms with Crippen LogP contribution in [0, 0.1) is 0 Å². The number of rotatable bonds is 32. The van der Waals surface area contributed by atoms with Gasteiger partial charge in [-0.2, -0.15) is 0 Å². The van der Waals surface area contributed by atoms with Gasteiger partial charge in [0.15, 0.2) is 0 Å². The Hall–Kier alpha value is -8.40. The molecule has 3 heteroatoms. The highest BCUT2D eigenvalue weighted by atomic mass is 16.3. The minimum atomic E-state index is -0.377. The van der Waals surface area contributed by atoms with Gasteiger partial charge in [0.05, 0.1) is 5.69 Å². The SMILES string of the molecule is CCCCCCCCC1(CCCCCCCC)c2cc(N(c3ccc4c(c3)C(C)(C)c3c5c(c6c(oc7ccccc76)c3-4)-c3ccccc3C5(C)C)c3ccccc3-c3ccccc3)ccc2-c2cc3c(cc21)-c1c(ccc2oc4ccccc4c12)C3(CCCCCCCC)CCCCCCCC. The molecule has 0 radical (unpaired) electrons. The Kier molecular flexibility index (Phi) is 19.4. The number of benzene rings is 10. The lowest BCUT2D eigenvalue weighted by atomic mass is 9.68. The molecule has 12 aromatic rings. The van der Waals surface area contributed by atoms with Crippen LogP contribution in [-0.4, -0.2) is 0 Å². The Labute approximate surface area is 615 Å². The molecule has 3 nitrogen and oxygen atoms in total. The molecule has 0 atom stereocenters. The van der Waals surface area contributed by atoms with Crippen molar-refractivity contribution in [1.29, 1.82) is 0 Å². The molecule has 2 aromatic heterocycles. The van der Waals surface area contributed by atoms with E-state index in [1.807, 2.05) is 0 Å². The van der Waals surface area contributed by atoms with Crippen LogP contribution in [0.5, 0.6) is 0 Å². The third-order valence-electron chi connectivity index (χ3n) is 25.8. The van der Waals surface area contributed by atoms with E-state index in [9.17, 15) is 0 Å². The van der Waals surface area contributed by atoms with Crippen molar-refractivity contribution in [1.82, 2.24) is 0 Å². The first-order chi connectivity index (χ1) is 50.5. The zero-order valence-electron chi connectivity index (χ0n) is 63.5. The van der Waals surface area contributed by atoms with Gasteiger partial charge < -0.3 is 13.7 Å². The molecule has 103 heavy (non-hydrogen) atoms. The first-order valence-corrected chi connectivity index (χ1v) is 41.0. The maximum atomic E-state index is 7.27. The highest BCUT2D eigenvalue weighted by Crippen LogP contribution is 2.66. The van der Waals surface area contributed by atoms with Crippen molar-refractivity contribution in [2.24, 2.45) is 0 Å². The van der Waals surface area contributed by atoms with E-state index in [1.165, 1.54) is 289 Å². The second-order valence-corrected chi connectivity index (χ2v) is 32.9. The molecular weight excluding hydrogens is 1250 g/mol. The van der Waals surface area contributed by atoms with Gasteiger partial charge in [-0.05, 0) is 175 Å². The summed E-state index contributed by atoms with van der Waals surface area (Å²) in [4.78, 5) is 2.68. The molecule has 0 saturated heterocycles. The lowest BCUT2D eigenvalue weighted by Gasteiger charge is -2.35. The van der Waals surface area contributed by atoms with Gasteiger partial charge in [-0.15, -0.1) is 0 Å². The van der Waals surface area contributed by atoms with Gasteiger partial charge in [-0.3, -0.25) is 0 Å². The number of nitrogens with zero attached hydrogens (tertiary/aromatic N) is 1. The highest BCUT2D eigenvalue weighted by Gasteiger charge is 2.51. The fourth-order valence-corrected chi connectivity index (χ4v) is 20.7. The Bertz CT molecular complexity index is 5050. The van der Waals surface area contributed by atoms with Gasteiger partial charge in [-0.1, -0.05) is 337 Å². The number of unbranched alkanes of at least 4 members (excludes halogenated alkanes) is 20. The third-order valence-corrected chi connectivity index (χ3v) is 25.8. The van der Waals surface area contributed by atoms with Gasteiger partial charge in [0.2, 0.25) is 0 Å². The Morgan fingerprint density at radius 3 is 1.36 bits per heavy atom. The average Bonchev–Trinajstić information content (AvgIpc) is 1.51. The predicted octanol–water partition coefficient (Wildman–Crippen LogP) is 30.8. The summed E-state index contributed by atoms with van der Waals surface area (Å²) in [5.41, 5.74) is 32.1. The van der Waals surface area contributed by atoms with Crippen LogP contribution >= 0.6 is 0 Å². The number of hydrogen-bond donors (Lipinski definition) is 0. The number of hydrogen-bond acceptors (Lipinski definition) is 3. The largest absolute Gasteiger partial charge is 0.456 e. The normalized spacial score (nSPS) is 15.0. The molecule has 0 unspecified atom stereocenters. The maximum Gasteiger partial charge on any atom is 0.144 e. The monoisotopic (exact) mass is 1360 g/mol. The summed E-state index contributed by atoms with van der Waals surface area (Å²) in [6, 6.07) is 73.5. The van der Waals surface area contributed by atoms with Gasteiger partial charge in [-0.25, -0.2) is 0 Å². The van der Waals surface area contributed by atoms with Crippen LogP contribution in [-0.2, 0) is 21.7 Å². The van der Waals surface area contributed by atoms with Crippen LogP contribution < -0.4 is 4.90 Å². The summed E-state index contributed by atoms with van der Waals surface area (Å²) in [5, 5.41) is 5.02. The second-order valence-electron chi connectivity index (χ2n) is 32.9. The van der Waals surface area contributed by atoms with Crippen molar-refractivity contribution in [3.05, 3.63) is 233 Å². The van der Waals surface area contributed by atoms with Crippen molar-refractivity contribution in [2.75, 3.05) is 4.90 Å². The highest BCUT2D eigenvalue weighted by molar-refractivity contribution is 6.21. The molecule has 0 spiro atoms. The average molecular weight is 1360 g/mol. The zero-order valence-corrected chi connectivity index (χ0v) is 63.5. The van der Waals surface area contributed by atoms with Crippen LogP contribution in [0.4, 0.5) is 17.1 Å². The van der Waals surface area contributed by atoms with Crippen molar-refractivity contribution >= 4 is 60.9 Å². The summed E-state index contributed by atoms with van der Waals surface area (Å²) in [6.07, 6.45) is 35.4. The second kappa shape index (κ2) is 28.9. The van der Waals surface area contributed by atoms with Crippen LogP contribution in [0.15, 0.2) is 197 Å². The van der Waals surface area contributed by atoms with E-state index in [0.717, 1.165) is 35.2 Å². The fraction of sp³-hybridized carbons (Fsp3) is 0.400. The van der Waals surface area contributed by atoms with Crippen molar-refractivity contribution < 1.29 is 8.83 Å². The van der Waals surface area contributed by atoms with Gasteiger partial charge in [0.25, 0.3) is 0 Å². The molecule has 0 N–H and O–H groups in total. The molecule has 0 amide bonds. The van der Waals surface area contributed by atoms with Crippen molar-refractivity contribution in [3.8, 4) is 55.6 Å². The van der Waals surface area contributed by atoms with Gasteiger partial charge in [0.1, 0.15) is 22.3 Å². The molecule has 4 aliphatic carbocycles. The number of fused-ring (bicyclic) bond motifs is 22. The molecule has 0 saturated carbocycles. The topological polar surface area (TPSA) is 29.5 Å². The molecular formula is C100H111NO2. The summed E-state index contributed by atoms with van der Waals surface area (Å²) in [7, 11) is 0. The summed E-state index contributed by atoms with van der Waals surface area (Å²) < 4.78 is 14.2. The molecule has 0 bridgehead atoms. The first kappa shape index (κ1) is 69.0. The Balaban J connectivity index is 0.921. The lowest BCUT2D eigenvalue weighted by Crippen LogP contribution is -2.27. The van der Waals surface area contributed by atoms with Gasteiger partial charge >= 0.3 is 0 Å². The van der Waals surface area contributed by atoms with E-state index in [0.29, 0.717) is 0 Å². The smallest absolute Gasteiger partial charge is 0.144 e. The minimum Gasteiger partial charge on any atom is -0.456 e. The lowest BCUT2D eigenvalue weighted by molar-refractivity contribution is 0.394. The Morgan fingerprint density at radius 1 is 0.291 bits per heavy atom. The van der Waals surface area contributed by atoms with E-state index < -0.39 is 0 Å². The standard InChI is InChI=1S/C100H111NO2/c1-9-13-17-21-25-40-60-99(61-41-26-22-18-14-10-2)80-58-59-88-90(75-48-34-38-52-86(75)102-88)89(80)78-67-83-77(66-84(78)99)72-56-54-70(65-82(72)100(83,62-42-27-23-19-15-11-3)63-43-28-24-20-16-12-4)101(85-51-37-33-46-71(85)68-44-30-29-31-45-68)69-55-57-74-81(64-69)98(7,8)95-93(74)96-92(76-49-35-39-53-87(76)103-96)91-73-47-32-36-50-79(73)97(5,6)94(91)95/h29-39,44-59,64-67H,9-28,40-43,60-63H2,1-8H3. The number of para-hydroxylation sites is 3. The fourth-order valence-electron chi connectivity index (χ4n) is 20.7. The number of furan rings is 2. The van der Waals surface area contributed by atoms with E-state index in [2.05, 4.69) is 248 Å². The van der Waals surface area contributed by atoms with E-state index in [1.54, 1.807) is 16.7 Å². The van der Waals surface area contributed by atoms with E-state index in [4.69, 9.17) is 8.83 Å². The quantitative estimate of drug-likeness (QED) is 0.0394. The van der Waals surface area contributed by atoms with E-state index >= 15 is 0 Å². The summed E-state index contributed by atoms with van der Waals surface area (Å²) in [5.74, 6) is 0. The van der Waals surface area contributed by atoms with Crippen LogP contribution in [0.2, 0.25) is 0 Å². The third kappa shape index (κ3) is 11.7. The molecule has 0 aliphatic heterocycles. The first-order valence-electron chi connectivity index (χ1n) is 41.0. The molecule has 2 heterocycles. The predicted molar refractivity (Wildman–Crippen MR) is 441 cm³/mol. The van der Waals surface area contributed by atoms with Crippen LogP contribution in [0.3, 0.4) is 0 Å². The molecule has 0 fully saturated rings. The van der Waals surface area contributed by atoms with Crippen molar-refractivity contribution in [3.63, 3.8) is 0 Å². The minimum absolute atomic E-state index is 0.110. The Morgan fingerprint density at radius 2 is 0.738 bits per heavy atom. The zero-order chi connectivity index (χ0) is 70.5. The van der Waals surface area contributed by atoms with Crippen LogP contribution in [0.1, 0.15) is 280 Å². The molecule has 528 valence electrons. The summed E-state index contributed by atoms with van der Waals surface area (Å²) in [6.45, 7) is 19.4. The molecule has 4 aliphatic rings. The maximum absolute atomic E-state index is 7.27.